The second kappa shape index (κ2) is 9.10. The SMILES string of the molecule is CC1C(C(=O)Nc2ccc(F)c(Cl)c2)CCN1C(=O)C(=O)NC1(/C(N)=C/NN)CC(F)(F)C1. The van der Waals surface area contributed by atoms with Crippen LogP contribution in [0.4, 0.5) is 18.9 Å². The summed E-state index contributed by atoms with van der Waals surface area (Å²) in [5, 5.41) is 4.77. The lowest BCUT2D eigenvalue weighted by molar-refractivity contribution is -0.154. The van der Waals surface area contributed by atoms with Gasteiger partial charge in [0.05, 0.1) is 22.2 Å². The molecule has 1 heterocycles. The van der Waals surface area contributed by atoms with Crippen LogP contribution < -0.4 is 27.6 Å². The second-order valence-electron chi connectivity index (χ2n) is 8.26. The van der Waals surface area contributed by atoms with Gasteiger partial charge >= 0.3 is 11.8 Å². The first-order chi connectivity index (χ1) is 15.4. The van der Waals surface area contributed by atoms with Crippen LogP contribution in [-0.2, 0) is 14.4 Å². The Morgan fingerprint density at radius 3 is 2.52 bits per heavy atom. The van der Waals surface area contributed by atoms with Crippen LogP contribution in [0.25, 0.3) is 0 Å². The maximum atomic E-state index is 13.6. The summed E-state index contributed by atoms with van der Waals surface area (Å²) >= 11 is 5.72. The molecule has 13 heteroatoms. The van der Waals surface area contributed by atoms with Gasteiger partial charge in [0.25, 0.3) is 5.92 Å². The van der Waals surface area contributed by atoms with Crippen LogP contribution in [0.2, 0.25) is 5.02 Å². The van der Waals surface area contributed by atoms with Gasteiger partial charge in [-0.2, -0.15) is 0 Å². The van der Waals surface area contributed by atoms with E-state index < -0.39 is 59.8 Å². The Balaban J connectivity index is 1.65. The van der Waals surface area contributed by atoms with Crippen molar-refractivity contribution in [3.8, 4) is 0 Å². The predicted molar refractivity (Wildman–Crippen MR) is 114 cm³/mol. The van der Waals surface area contributed by atoms with E-state index in [1.54, 1.807) is 6.92 Å². The molecular formula is C20H24ClF3N6O3. The van der Waals surface area contributed by atoms with E-state index in [1.807, 2.05) is 0 Å². The quantitative estimate of drug-likeness (QED) is 0.239. The number of amides is 3. The molecule has 1 aliphatic carbocycles. The first-order valence-corrected chi connectivity index (χ1v) is 10.5. The molecule has 3 amide bonds. The number of anilines is 1. The number of nitrogens with two attached hydrogens (primary N) is 2. The molecule has 7 N–H and O–H groups in total. The second-order valence-corrected chi connectivity index (χ2v) is 8.67. The molecule has 180 valence electrons. The molecule has 1 aromatic rings. The maximum absolute atomic E-state index is 13.6. The lowest BCUT2D eigenvalue weighted by Gasteiger charge is -2.47. The molecule has 0 bridgehead atoms. The standard InChI is InChI=1S/C20H24ClF3N6O3/c1-10-12(16(31)28-11-2-3-14(22)13(21)6-11)4-5-30(10)18(33)17(32)29-19(15(25)7-27-26)8-20(23,24)9-19/h2-3,6-7,10,12,27H,4-5,8-9,25-26H2,1H3,(H,28,31)(H,29,32)/b15-7-. The number of hydrogen-bond acceptors (Lipinski definition) is 6. The summed E-state index contributed by atoms with van der Waals surface area (Å²) in [6.45, 7) is 1.70. The minimum Gasteiger partial charge on any atom is -0.399 e. The lowest BCUT2D eigenvalue weighted by atomic mass is 9.71. The van der Waals surface area contributed by atoms with Crippen molar-refractivity contribution in [3.63, 3.8) is 0 Å². The number of nitrogens with zero attached hydrogens (tertiary/aromatic N) is 1. The van der Waals surface area contributed by atoms with Gasteiger partial charge in [0, 0.05) is 37.3 Å². The Morgan fingerprint density at radius 2 is 1.94 bits per heavy atom. The van der Waals surface area contributed by atoms with Crippen molar-refractivity contribution in [2.24, 2.45) is 17.5 Å². The Bertz CT molecular complexity index is 997. The van der Waals surface area contributed by atoms with Gasteiger partial charge in [-0.1, -0.05) is 11.6 Å². The molecule has 1 saturated heterocycles. The van der Waals surface area contributed by atoms with Gasteiger partial charge in [0.1, 0.15) is 5.82 Å². The maximum Gasteiger partial charge on any atom is 0.312 e. The molecule has 3 rings (SSSR count). The highest BCUT2D eigenvalue weighted by Crippen LogP contribution is 2.48. The van der Waals surface area contributed by atoms with Gasteiger partial charge in [-0.05, 0) is 31.5 Å². The number of likely N-dealkylation sites (tertiary alicyclic amines) is 1. The molecule has 0 aromatic heterocycles. The largest absolute Gasteiger partial charge is 0.399 e. The van der Waals surface area contributed by atoms with E-state index in [2.05, 4.69) is 16.1 Å². The number of hydrogen-bond donors (Lipinski definition) is 5. The monoisotopic (exact) mass is 488 g/mol. The van der Waals surface area contributed by atoms with E-state index in [0.29, 0.717) is 0 Å². The summed E-state index contributed by atoms with van der Waals surface area (Å²) in [5.41, 5.74) is 6.45. The first kappa shape index (κ1) is 24.6. The van der Waals surface area contributed by atoms with Gasteiger partial charge in [0.15, 0.2) is 0 Å². The zero-order valence-corrected chi connectivity index (χ0v) is 18.4. The number of halogens is 4. The van der Waals surface area contributed by atoms with E-state index in [-0.39, 0.29) is 29.4 Å². The summed E-state index contributed by atoms with van der Waals surface area (Å²) < 4.78 is 40.4. The average molecular weight is 489 g/mol. The van der Waals surface area contributed by atoms with Crippen LogP contribution in [0.1, 0.15) is 26.2 Å². The smallest absolute Gasteiger partial charge is 0.312 e. The molecule has 33 heavy (non-hydrogen) atoms. The van der Waals surface area contributed by atoms with E-state index in [1.165, 1.54) is 17.0 Å². The Kier molecular flexibility index (Phi) is 6.80. The minimum atomic E-state index is -3.04. The highest BCUT2D eigenvalue weighted by atomic mass is 35.5. The molecule has 2 atom stereocenters. The van der Waals surface area contributed by atoms with E-state index in [9.17, 15) is 27.6 Å². The van der Waals surface area contributed by atoms with Gasteiger partial charge in [-0.15, -0.1) is 0 Å². The van der Waals surface area contributed by atoms with Crippen LogP contribution in [0.15, 0.2) is 30.1 Å². The number of benzene rings is 1. The van der Waals surface area contributed by atoms with E-state index >= 15 is 0 Å². The Hall–Kier alpha value is -2.99. The van der Waals surface area contributed by atoms with Crippen molar-refractivity contribution in [2.45, 2.75) is 43.7 Å². The molecule has 9 nitrogen and oxygen atoms in total. The molecule has 0 spiro atoms. The Labute approximate surface area is 192 Å². The Morgan fingerprint density at radius 1 is 1.27 bits per heavy atom. The van der Waals surface area contributed by atoms with Crippen molar-refractivity contribution in [2.75, 3.05) is 11.9 Å². The summed E-state index contributed by atoms with van der Waals surface area (Å²) in [6, 6.07) is 3.05. The lowest BCUT2D eigenvalue weighted by Crippen LogP contribution is -2.66. The van der Waals surface area contributed by atoms with Crippen LogP contribution in [0.5, 0.6) is 0 Å². The first-order valence-electron chi connectivity index (χ1n) is 10.1. The van der Waals surface area contributed by atoms with Crippen LogP contribution >= 0.6 is 11.6 Å². The average Bonchev–Trinajstić information content (AvgIpc) is 3.10. The van der Waals surface area contributed by atoms with Crippen molar-refractivity contribution in [1.82, 2.24) is 15.6 Å². The molecule has 1 saturated carbocycles. The molecule has 2 fully saturated rings. The molecule has 2 aliphatic rings. The molecule has 2 unspecified atom stereocenters. The highest BCUT2D eigenvalue weighted by molar-refractivity contribution is 6.35. The fourth-order valence-electron chi connectivity index (χ4n) is 4.21. The van der Waals surface area contributed by atoms with Gasteiger partial charge in [-0.3, -0.25) is 20.2 Å². The number of hydrazine groups is 1. The molecule has 1 aromatic carbocycles. The number of alkyl halides is 2. The number of carbonyl (C=O) groups excluding carboxylic acids is 3. The van der Waals surface area contributed by atoms with E-state index in [0.717, 1.165) is 12.3 Å². The number of nitrogens with one attached hydrogen (secondary N) is 3. The normalized spacial score (nSPS) is 23.5. The third kappa shape index (κ3) is 5.01. The molecule has 0 radical (unpaired) electrons. The zero-order chi connectivity index (χ0) is 24.6. The summed E-state index contributed by atoms with van der Waals surface area (Å²) in [5.74, 6) is -1.70. The predicted octanol–water partition coefficient (Wildman–Crippen LogP) is 1.20. The van der Waals surface area contributed by atoms with Crippen molar-refractivity contribution in [1.29, 1.82) is 0 Å². The summed E-state index contributed by atoms with van der Waals surface area (Å²) in [6.07, 6.45) is -0.211. The van der Waals surface area contributed by atoms with Crippen molar-refractivity contribution >= 4 is 35.0 Å². The van der Waals surface area contributed by atoms with Crippen LogP contribution in [0.3, 0.4) is 0 Å². The zero-order valence-electron chi connectivity index (χ0n) is 17.6. The topological polar surface area (TPSA) is 143 Å². The van der Waals surface area contributed by atoms with Crippen LogP contribution in [0, 0.1) is 11.7 Å². The van der Waals surface area contributed by atoms with Crippen molar-refractivity contribution in [3.05, 3.63) is 40.9 Å². The fraction of sp³-hybridized carbons (Fsp3) is 0.450. The summed E-state index contributed by atoms with van der Waals surface area (Å²) in [7, 11) is 0. The molecular weight excluding hydrogens is 465 g/mol. The number of rotatable bonds is 5. The third-order valence-electron chi connectivity index (χ3n) is 6.00. The van der Waals surface area contributed by atoms with Crippen LogP contribution in [-0.4, -0.2) is 46.7 Å². The van der Waals surface area contributed by atoms with Gasteiger partial charge in [0.2, 0.25) is 5.91 Å². The van der Waals surface area contributed by atoms with E-state index in [4.69, 9.17) is 23.2 Å². The van der Waals surface area contributed by atoms with Crippen molar-refractivity contribution < 1.29 is 27.6 Å². The molecule has 1 aliphatic heterocycles. The fourth-order valence-corrected chi connectivity index (χ4v) is 4.39. The third-order valence-corrected chi connectivity index (χ3v) is 6.29. The summed E-state index contributed by atoms with van der Waals surface area (Å²) in [4.78, 5) is 39.2. The van der Waals surface area contributed by atoms with Gasteiger partial charge in [-0.25, -0.2) is 13.2 Å². The van der Waals surface area contributed by atoms with Gasteiger partial charge < -0.3 is 26.7 Å². The minimum absolute atomic E-state index is 0.106. The number of carbonyl (C=O) groups is 3. The highest BCUT2D eigenvalue weighted by Gasteiger charge is 2.59.